The first-order valence-electron chi connectivity index (χ1n) is 7.34. The van der Waals surface area contributed by atoms with Gasteiger partial charge in [-0.15, -0.1) is 24.0 Å². The molecule has 0 spiro atoms. The molecular formula is C14H29IN4. The predicted octanol–water partition coefficient (Wildman–Crippen LogP) is 2.05. The fourth-order valence-corrected chi connectivity index (χ4v) is 2.47. The van der Waals surface area contributed by atoms with Gasteiger partial charge < -0.3 is 10.6 Å². The van der Waals surface area contributed by atoms with Crippen LogP contribution in [0, 0.1) is 5.92 Å². The molecule has 0 aromatic rings. The van der Waals surface area contributed by atoms with Gasteiger partial charge in [-0.05, 0) is 39.0 Å². The second-order valence-electron chi connectivity index (χ2n) is 6.03. The predicted molar refractivity (Wildman–Crippen MR) is 92.3 cm³/mol. The highest BCUT2D eigenvalue weighted by atomic mass is 127. The molecule has 0 amide bonds. The topological polar surface area (TPSA) is 39.7 Å². The first-order valence-corrected chi connectivity index (χ1v) is 7.34. The molecule has 2 atom stereocenters. The van der Waals surface area contributed by atoms with Crippen LogP contribution in [0.1, 0.15) is 40.0 Å². The van der Waals surface area contributed by atoms with Crippen LogP contribution in [-0.4, -0.2) is 49.1 Å². The molecule has 2 saturated carbocycles. The van der Waals surface area contributed by atoms with E-state index in [1.807, 2.05) is 7.05 Å². The summed E-state index contributed by atoms with van der Waals surface area (Å²) in [5.74, 6) is 1.77. The Kier molecular flexibility index (Phi) is 6.86. The van der Waals surface area contributed by atoms with Gasteiger partial charge in [-0.2, -0.15) is 0 Å². The van der Waals surface area contributed by atoms with Crippen molar-refractivity contribution < 1.29 is 0 Å². The van der Waals surface area contributed by atoms with Crippen molar-refractivity contribution in [3.63, 3.8) is 0 Å². The Morgan fingerprint density at radius 3 is 2.42 bits per heavy atom. The Hall–Kier alpha value is -0.0400. The zero-order valence-corrected chi connectivity index (χ0v) is 15.0. The summed E-state index contributed by atoms with van der Waals surface area (Å²) in [5, 5.41) is 6.89. The molecule has 2 aliphatic rings. The number of rotatable bonds is 6. The quantitative estimate of drug-likeness (QED) is 0.421. The van der Waals surface area contributed by atoms with Crippen LogP contribution in [0.25, 0.3) is 0 Å². The van der Waals surface area contributed by atoms with Gasteiger partial charge in [-0.1, -0.05) is 6.92 Å². The van der Waals surface area contributed by atoms with E-state index in [1.165, 1.54) is 19.3 Å². The molecule has 19 heavy (non-hydrogen) atoms. The minimum Gasteiger partial charge on any atom is -0.355 e. The molecule has 0 aromatic carbocycles. The zero-order chi connectivity index (χ0) is 13.1. The zero-order valence-electron chi connectivity index (χ0n) is 12.6. The van der Waals surface area contributed by atoms with Gasteiger partial charge in [-0.3, -0.25) is 9.89 Å². The van der Waals surface area contributed by atoms with E-state index in [9.17, 15) is 0 Å². The molecular weight excluding hydrogens is 351 g/mol. The lowest BCUT2D eigenvalue weighted by molar-refractivity contribution is 0.215. The number of hydrogen-bond donors (Lipinski definition) is 2. The molecule has 4 nitrogen and oxygen atoms in total. The number of nitrogens with one attached hydrogen (secondary N) is 2. The molecule has 0 aromatic heterocycles. The molecule has 2 unspecified atom stereocenters. The smallest absolute Gasteiger partial charge is 0.191 e. The molecule has 0 heterocycles. The average molecular weight is 380 g/mol. The van der Waals surface area contributed by atoms with Gasteiger partial charge in [0, 0.05) is 38.3 Å². The van der Waals surface area contributed by atoms with Gasteiger partial charge in [-0.25, -0.2) is 0 Å². The highest BCUT2D eigenvalue weighted by molar-refractivity contribution is 14.0. The number of nitrogens with zero attached hydrogens (tertiary/aromatic N) is 2. The first kappa shape index (κ1) is 17.0. The van der Waals surface area contributed by atoms with Gasteiger partial charge in [0.05, 0.1) is 0 Å². The summed E-state index contributed by atoms with van der Waals surface area (Å²) >= 11 is 0. The third-order valence-corrected chi connectivity index (χ3v) is 4.00. The van der Waals surface area contributed by atoms with Crippen LogP contribution in [0.2, 0.25) is 0 Å². The lowest BCUT2D eigenvalue weighted by atomic mass is 10.3. The summed E-state index contributed by atoms with van der Waals surface area (Å²) in [6.07, 6.45) is 4.04. The van der Waals surface area contributed by atoms with Crippen molar-refractivity contribution in [2.75, 3.05) is 20.1 Å². The third kappa shape index (κ3) is 5.45. The van der Waals surface area contributed by atoms with Crippen LogP contribution in [0.5, 0.6) is 0 Å². The van der Waals surface area contributed by atoms with Crippen molar-refractivity contribution in [3.8, 4) is 0 Å². The van der Waals surface area contributed by atoms with Gasteiger partial charge >= 0.3 is 0 Å². The minimum absolute atomic E-state index is 0. The molecule has 0 bridgehead atoms. The normalized spacial score (nSPS) is 26.3. The summed E-state index contributed by atoms with van der Waals surface area (Å²) in [5.41, 5.74) is 0. The number of aliphatic imine (C=N–C) groups is 1. The van der Waals surface area contributed by atoms with Crippen molar-refractivity contribution in [2.24, 2.45) is 10.9 Å². The van der Waals surface area contributed by atoms with E-state index in [4.69, 9.17) is 0 Å². The summed E-state index contributed by atoms with van der Waals surface area (Å²) < 4.78 is 0. The Labute approximate surface area is 134 Å². The Balaban J connectivity index is 0.00000180. The van der Waals surface area contributed by atoms with Crippen molar-refractivity contribution in [1.82, 2.24) is 15.5 Å². The van der Waals surface area contributed by atoms with Crippen molar-refractivity contribution in [1.29, 1.82) is 0 Å². The van der Waals surface area contributed by atoms with E-state index in [0.29, 0.717) is 12.1 Å². The second-order valence-corrected chi connectivity index (χ2v) is 6.03. The van der Waals surface area contributed by atoms with E-state index >= 15 is 0 Å². The summed E-state index contributed by atoms with van der Waals surface area (Å²) in [4.78, 5) is 6.88. The maximum absolute atomic E-state index is 4.28. The van der Waals surface area contributed by atoms with Gasteiger partial charge in [0.2, 0.25) is 0 Å². The minimum atomic E-state index is 0. The molecule has 5 heteroatoms. The van der Waals surface area contributed by atoms with E-state index < -0.39 is 0 Å². The third-order valence-electron chi connectivity index (χ3n) is 4.00. The monoisotopic (exact) mass is 380 g/mol. The maximum atomic E-state index is 4.28. The van der Waals surface area contributed by atoms with Gasteiger partial charge in [0.15, 0.2) is 5.96 Å². The molecule has 112 valence electrons. The number of halogens is 1. The molecule has 0 saturated heterocycles. The van der Waals surface area contributed by atoms with E-state index in [0.717, 1.165) is 31.0 Å². The molecule has 2 N–H and O–H groups in total. The van der Waals surface area contributed by atoms with E-state index in [-0.39, 0.29) is 24.0 Å². The second kappa shape index (κ2) is 7.67. The highest BCUT2D eigenvalue weighted by Crippen LogP contribution is 2.29. The van der Waals surface area contributed by atoms with E-state index in [2.05, 4.69) is 41.3 Å². The standard InChI is InChI=1S/C14H28N4.HI/c1-10(2)18(12-5-6-12)8-7-16-14(15-4)17-13-9-11(13)3;/h10-13H,5-9H2,1-4H3,(H2,15,16,17);1H. The lowest BCUT2D eigenvalue weighted by Crippen LogP contribution is -2.44. The Bertz CT molecular complexity index is 300. The summed E-state index contributed by atoms with van der Waals surface area (Å²) in [6.45, 7) is 8.95. The van der Waals surface area contributed by atoms with E-state index in [1.54, 1.807) is 0 Å². The number of guanidine groups is 1. The maximum Gasteiger partial charge on any atom is 0.191 e. The molecule has 2 fully saturated rings. The fraction of sp³-hybridized carbons (Fsp3) is 0.929. The highest BCUT2D eigenvalue weighted by Gasteiger charge is 2.33. The first-order chi connectivity index (χ1) is 8.61. The van der Waals surface area contributed by atoms with Crippen LogP contribution in [0.15, 0.2) is 4.99 Å². The van der Waals surface area contributed by atoms with Crippen molar-refractivity contribution >= 4 is 29.9 Å². The SMILES string of the molecule is CN=C(NCCN(C(C)C)C1CC1)NC1CC1C.I. The molecule has 2 aliphatic carbocycles. The van der Waals surface area contributed by atoms with Crippen LogP contribution in [0.3, 0.4) is 0 Å². The van der Waals surface area contributed by atoms with Crippen LogP contribution in [0.4, 0.5) is 0 Å². The molecule has 0 aliphatic heterocycles. The molecule has 2 rings (SSSR count). The largest absolute Gasteiger partial charge is 0.355 e. The fourth-order valence-electron chi connectivity index (χ4n) is 2.47. The average Bonchev–Trinajstić information content (AvgIpc) is 3.21. The summed E-state index contributed by atoms with van der Waals surface area (Å²) in [7, 11) is 1.85. The van der Waals surface area contributed by atoms with Crippen LogP contribution in [-0.2, 0) is 0 Å². The van der Waals surface area contributed by atoms with Gasteiger partial charge in [0.25, 0.3) is 0 Å². The Morgan fingerprint density at radius 2 is 2.00 bits per heavy atom. The summed E-state index contributed by atoms with van der Waals surface area (Å²) in [6, 6.07) is 2.13. The Morgan fingerprint density at radius 1 is 1.37 bits per heavy atom. The van der Waals surface area contributed by atoms with Crippen LogP contribution < -0.4 is 10.6 Å². The van der Waals surface area contributed by atoms with Crippen LogP contribution >= 0.6 is 24.0 Å². The van der Waals surface area contributed by atoms with Gasteiger partial charge in [0.1, 0.15) is 0 Å². The van der Waals surface area contributed by atoms with Crippen molar-refractivity contribution in [3.05, 3.63) is 0 Å². The molecule has 0 radical (unpaired) electrons. The number of hydrogen-bond acceptors (Lipinski definition) is 2. The van der Waals surface area contributed by atoms with Crippen molar-refractivity contribution in [2.45, 2.75) is 58.2 Å². The lowest BCUT2D eigenvalue weighted by Gasteiger charge is -2.26.